The van der Waals surface area contributed by atoms with E-state index in [9.17, 15) is 4.79 Å². The molecule has 22 heavy (non-hydrogen) atoms. The Morgan fingerprint density at radius 3 is 3.00 bits per heavy atom. The van der Waals surface area contributed by atoms with E-state index in [2.05, 4.69) is 20.3 Å². The van der Waals surface area contributed by atoms with Gasteiger partial charge in [-0.1, -0.05) is 11.6 Å². The lowest BCUT2D eigenvalue weighted by atomic mass is 10.2. The number of ether oxygens (including phenoxy) is 2. The molecule has 0 spiro atoms. The van der Waals surface area contributed by atoms with E-state index in [1.165, 1.54) is 12.4 Å². The highest BCUT2D eigenvalue weighted by atomic mass is 35.5. The molecule has 0 amide bonds. The fourth-order valence-corrected chi connectivity index (χ4v) is 2.45. The number of rotatable bonds is 2. The van der Waals surface area contributed by atoms with Gasteiger partial charge in [-0.25, -0.2) is 9.97 Å². The Kier molecular flexibility index (Phi) is 2.87. The van der Waals surface area contributed by atoms with Crippen molar-refractivity contribution in [2.75, 3.05) is 12.1 Å². The maximum absolute atomic E-state index is 12.0. The molecule has 7 nitrogen and oxygen atoms in total. The largest absolute Gasteiger partial charge is 0.454 e. The maximum Gasteiger partial charge on any atom is 0.262 e. The van der Waals surface area contributed by atoms with Crippen LogP contribution in [0.15, 0.2) is 35.4 Å². The molecular formula is C14H9ClN4O3. The van der Waals surface area contributed by atoms with Gasteiger partial charge in [-0.05, 0) is 12.1 Å². The molecule has 2 aromatic heterocycles. The minimum atomic E-state index is -0.294. The fraction of sp³-hybridized carbons (Fsp3) is 0.0714. The molecule has 0 saturated carbocycles. The molecule has 0 unspecified atom stereocenters. The molecule has 0 radical (unpaired) electrons. The van der Waals surface area contributed by atoms with E-state index < -0.39 is 0 Å². The Balaban J connectivity index is 1.83. The molecule has 0 atom stereocenters. The first-order valence-corrected chi connectivity index (χ1v) is 6.79. The number of aromatic amines is 1. The highest BCUT2D eigenvalue weighted by Crippen LogP contribution is 2.35. The first-order valence-electron chi connectivity index (χ1n) is 6.41. The summed E-state index contributed by atoms with van der Waals surface area (Å²) in [6, 6.07) is 6.88. The summed E-state index contributed by atoms with van der Waals surface area (Å²) in [6.07, 6.45) is 1.32. The summed E-state index contributed by atoms with van der Waals surface area (Å²) in [4.78, 5) is 22.8. The Labute approximate surface area is 128 Å². The molecule has 2 N–H and O–H groups in total. The van der Waals surface area contributed by atoms with Gasteiger partial charge in [0.2, 0.25) is 6.79 Å². The van der Waals surface area contributed by atoms with Gasteiger partial charge in [0.05, 0.1) is 11.8 Å². The second kappa shape index (κ2) is 4.88. The number of fused-ring (bicyclic) bond motifs is 2. The highest BCUT2D eigenvalue weighted by Gasteiger charge is 2.15. The van der Waals surface area contributed by atoms with Crippen LogP contribution in [0, 0.1) is 0 Å². The van der Waals surface area contributed by atoms with Crippen molar-refractivity contribution in [2.24, 2.45) is 0 Å². The molecule has 4 rings (SSSR count). The lowest BCUT2D eigenvalue weighted by Gasteiger charge is -2.09. The lowest BCUT2D eigenvalue weighted by molar-refractivity contribution is 0.174. The molecule has 1 aliphatic rings. The van der Waals surface area contributed by atoms with Gasteiger partial charge in [-0.3, -0.25) is 4.79 Å². The monoisotopic (exact) mass is 316 g/mol. The number of H-pyrrole nitrogens is 1. The number of aromatic nitrogens is 3. The predicted molar refractivity (Wildman–Crippen MR) is 81.0 cm³/mol. The molecule has 0 bridgehead atoms. The summed E-state index contributed by atoms with van der Waals surface area (Å²) in [5.41, 5.74) is 0.868. The van der Waals surface area contributed by atoms with Crippen molar-refractivity contribution in [1.82, 2.24) is 15.0 Å². The van der Waals surface area contributed by atoms with Gasteiger partial charge in [0.25, 0.3) is 5.56 Å². The van der Waals surface area contributed by atoms with Gasteiger partial charge in [0, 0.05) is 17.8 Å². The topological polar surface area (TPSA) is 89.1 Å². The van der Waals surface area contributed by atoms with Crippen LogP contribution >= 0.6 is 11.6 Å². The average Bonchev–Trinajstić information content (AvgIpc) is 2.94. The summed E-state index contributed by atoms with van der Waals surface area (Å²) < 4.78 is 10.6. The summed E-state index contributed by atoms with van der Waals surface area (Å²) in [5, 5.41) is 3.65. The van der Waals surface area contributed by atoms with Crippen molar-refractivity contribution < 1.29 is 9.47 Å². The quantitative estimate of drug-likeness (QED) is 0.706. The van der Waals surface area contributed by atoms with E-state index in [1.54, 1.807) is 18.2 Å². The molecule has 3 aromatic rings. The molecule has 3 heterocycles. The van der Waals surface area contributed by atoms with Gasteiger partial charge in [-0.2, -0.15) is 0 Å². The van der Waals surface area contributed by atoms with Crippen LogP contribution in [0.1, 0.15) is 0 Å². The van der Waals surface area contributed by atoms with Gasteiger partial charge >= 0.3 is 0 Å². The first-order chi connectivity index (χ1) is 10.7. The standard InChI is InChI=1S/C14H9ClN4O3/c15-11-4-8-12(14(20)17-5-16-8)13(19-11)18-7-1-2-9-10(3-7)22-6-21-9/h1-5H,6H2,(H,18,19)(H,16,17,20). The number of nitrogens with zero attached hydrogens (tertiary/aromatic N) is 2. The number of hydrogen-bond acceptors (Lipinski definition) is 6. The Morgan fingerprint density at radius 1 is 1.23 bits per heavy atom. The van der Waals surface area contributed by atoms with E-state index in [0.717, 1.165) is 0 Å². The third kappa shape index (κ3) is 2.11. The Bertz CT molecular complexity index is 941. The average molecular weight is 317 g/mol. The van der Waals surface area contributed by atoms with Gasteiger partial charge in [0.1, 0.15) is 16.4 Å². The van der Waals surface area contributed by atoms with Gasteiger partial charge in [0.15, 0.2) is 11.5 Å². The van der Waals surface area contributed by atoms with E-state index in [1.807, 2.05) is 0 Å². The minimum Gasteiger partial charge on any atom is -0.454 e. The zero-order chi connectivity index (χ0) is 15.1. The number of halogens is 1. The van der Waals surface area contributed by atoms with Crippen molar-refractivity contribution in [3.8, 4) is 11.5 Å². The van der Waals surface area contributed by atoms with Crippen LogP contribution in [0.3, 0.4) is 0 Å². The van der Waals surface area contributed by atoms with E-state index in [-0.39, 0.29) is 17.5 Å². The molecule has 0 aliphatic carbocycles. The minimum absolute atomic E-state index is 0.195. The summed E-state index contributed by atoms with van der Waals surface area (Å²) in [7, 11) is 0. The molecule has 1 aromatic carbocycles. The van der Waals surface area contributed by atoms with Crippen LogP contribution in [0.4, 0.5) is 11.5 Å². The zero-order valence-corrected chi connectivity index (χ0v) is 11.8. The molecule has 8 heteroatoms. The molecule has 1 aliphatic heterocycles. The fourth-order valence-electron chi connectivity index (χ4n) is 2.26. The van der Waals surface area contributed by atoms with Crippen LogP contribution in [0.5, 0.6) is 11.5 Å². The molecule has 0 saturated heterocycles. The number of benzene rings is 1. The van der Waals surface area contributed by atoms with E-state index >= 15 is 0 Å². The third-order valence-electron chi connectivity index (χ3n) is 3.23. The number of nitrogens with one attached hydrogen (secondary N) is 2. The maximum atomic E-state index is 12.0. The van der Waals surface area contributed by atoms with Gasteiger partial charge in [-0.15, -0.1) is 0 Å². The van der Waals surface area contributed by atoms with Crippen molar-refractivity contribution in [3.05, 3.63) is 46.1 Å². The smallest absolute Gasteiger partial charge is 0.262 e. The molecule has 0 fully saturated rings. The van der Waals surface area contributed by atoms with Gasteiger partial charge < -0.3 is 19.8 Å². The number of pyridine rings is 1. The van der Waals surface area contributed by atoms with Crippen molar-refractivity contribution in [3.63, 3.8) is 0 Å². The van der Waals surface area contributed by atoms with Crippen LogP contribution in [0.25, 0.3) is 10.9 Å². The summed E-state index contributed by atoms with van der Waals surface area (Å²) in [6.45, 7) is 0.195. The number of hydrogen-bond donors (Lipinski definition) is 2. The second-order valence-electron chi connectivity index (χ2n) is 4.61. The van der Waals surface area contributed by atoms with Crippen molar-refractivity contribution in [1.29, 1.82) is 0 Å². The number of anilines is 2. The van der Waals surface area contributed by atoms with E-state index in [0.29, 0.717) is 33.9 Å². The van der Waals surface area contributed by atoms with E-state index in [4.69, 9.17) is 21.1 Å². The Hall–Kier alpha value is -2.80. The van der Waals surface area contributed by atoms with Crippen molar-refractivity contribution >= 4 is 34.0 Å². The Morgan fingerprint density at radius 2 is 2.09 bits per heavy atom. The molecular weight excluding hydrogens is 308 g/mol. The molecule has 110 valence electrons. The van der Waals surface area contributed by atoms with Crippen LogP contribution in [-0.4, -0.2) is 21.7 Å². The summed E-state index contributed by atoms with van der Waals surface area (Å²) >= 11 is 5.99. The second-order valence-corrected chi connectivity index (χ2v) is 5.00. The van der Waals surface area contributed by atoms with Crippen LogP contribution in [-0.2, 0) is 0 Å². The van der Waals surface area contributed by atoms with Crippen molar-refractivity contribution in [2.45, 2.75) is 0 Å². The highest BCUT2D eigenvalue weighted by molar-refractivity contribution is 6.30. The normalized spacial score (nSPS) is 12.6. The third-order valence-corrected chi connectivity index (χ3v) is 3.42. The first kappa shape index (κ1) is 12.9. The lowest BCUT2D eigenvalue weighted by Crippen LogP contribution is -2.10. The summed E-state index contributed by atoms with van der Waals surface area (Å²) in [5.74, 6) is 1.63. The predicted octanol–water partition coefficient (Wildman–Crippen LogP) is 2.44. The SMILES string of the molecule is O=c1[nH]cnc2cc(Cl)nc(Nc3ccc4c(c3)OCO4)c12. The zero-order valence-electron chi connectivity index (χ0n) is 11.1. The van der Waals surface area contributed by atoms with Crippen LogP contribution in [0.2, 0.25) is 5.15 Å². The van der Waals surface area contributed by atoms with Crippen LogP contribution < -0.4 is 20.3 Å².